The first kappa shape index (κ1) is 15.4. The van der Waals surface area contributed by atoms with Crippen molar-refractivity contribution < 1.29 is 4.39 Å². The Morgan fingerprint density at radius 2 is 2.00 bits per heavy atom. The Morgan fingerprint density at radius 1 is 1.33 bits per heavy atom. The fraction of sp³-hybridized carbons (Fsp3) is 0.571. The van der Waals surface area contributed by atoms with Crippen molar-refractivity contribution in [3.8, 4) is 0 Å². The van der Waals surface area contributed by atoms with Crippen LogP contribution in [0.4, 0.5) is 4.39 Å². The van der Waals surface area contributed by atoms with E-state index in [-0.39, 0.29) is 5.82 Å². The summed E-state index contributed by atoms with van der Waals surface area (Å²) in [5, 5.41) is 3.84. The molecule has 2 nitrogen and oxygen atoms in total. The third-order valence-electron chi connectivity index (χ3n) is 2.94. The van der Waals surface area contributed by atoms with Gasteiger partial charge in [-0.2, -0.15) is 0 Å². The van der Waals surface area contributed by atoms with Gasteiger partial charge in [-0.1, -0.05) is 31.5 Å². The monoisotopic (exact) mass is 272 g/mol. The quantitative estimate of drug-likeness (QED) is 0.856. The molecule has 4 heteroatoms. The van der Waals surface area contributed by atoms with E-state index in [2.05, 4.69) is 24.1 Å². The summed E-state index contributed by atoms with van der Waals surface area (Å²) in [6.07, 6.45) is 0. The number of benzene rings is 1. The van der Waals surface area contributed by atoms with Crippen molar-refractivity contribution >= 4 is 11.6 Å². The summed E-state index contributed by atoms with van der Waals surface area (Å²) in [5.41, 5.74) is 0.656. The zero-order valence-corrected chi connectivity index (χ0v) is 12.3. The zero-order chi connectivity index (χ0) is 13.7. The van der Waals surface area contributed by atoms with Crippen LogP contribution in [0.2, 0.25) is 5.02 Å². The molecule has 0 radical (unpaired) electrons. The second kappa shape index (κ2) is 7.07. The molecule has 0 amide bonds. The van der Waals surface area contributed by atoms with Crippen LogP contribution in [0, 0.1) is 11.7 Å². The number of hydrogen-bond donors (Lipinski definition) is 1. The lowest BCUT2D eigenvalue weighted by molar-refractivity contribution is 0.287. The molecule has 1 rings (SSSR count). The predicted molar refractivity (Wildman–Crippen MR) is 75.4 cm³/mol. The van der Waals surface area contributed by atoms with Crippen molar-refractivity contribution in [3.05, 3.63) is 34.6 Å². The van der Waals surface area contributed by atoms with Gasteiger partial charge in [0.15, 0.2) is 0 Å². The van der Waals surface area contributed by atoms with E-state index in [0.717, 1.165) is 6.54 Å². The molecule has 0 bridgehead atoms. The fourth-order valence-corrected chi connectivity index (χ4v) is 1.97. The van der Waals surface area contributed by atoms with Gasteiger partial charge in [-0.05, 0) is 32.1 Å². The molecule has 1 aromatic carbocycles. The van der Waals surface area contributed by atoms with Crippen LogP contribution in [-0.4, -0.2) is 31.6 Å². The Labute approximate surface area is 114 Å². The molecule has 0 fully saturated rings. The molecule has 0 saturated carbocycles. The van der Waals surface area contributed by atoms with Crippen LogP contribution in [0.25, 0.3) is 0 Å². The Bertz CT molecular complexity index is 380. The third kappa shape index (κ3) is 4.92. The highest BCUT2D eigenvalue weighted by atomic mass is 35.5. The van der Waals surface area contributed by atoms with Gasteiger partial charge in [0, 0.05) is 29.7 Å². The first-order chi connectivity index (χ1) is 8.40. The van der Waals surface area contributed by atoms with Crippen LogP contribution in [0.1, 0.15) is 19.4 Å². The van der Waals surface area contributed by atoms with Crippen LogP contribution in [0.3, 0.4) is 0 Å². The maximum absolute atomic E-state index is 13.6. The lowest BCUT2D eigenvalue weighted by atomic mass is 10.0. The molecule has 0 spiro atoms. The average molecular weight is 273 g/mol. The van der Waals surface area contributed by atoms with Gasteiger partial charge >= 0.3 is 0 Å². The molecule has 1 aromatic rings. The molecule has 0 aliphatic rings. The summed E-state index contributed by atoms with van der Waals surface area (Å²) >= 11 is 5.73. The van der Waals surface area contributed by atoms with E-state index in [4.69, 9.17) is 11.6 Å². The molecule has 18 heavy (non-hydrogen) atoms. The topological polar surface area (TPSA) is 15.3 Å². The fourth-order valence-electron chi connectivity index (χ4n) is 1.81. The van der Waals surface area contributed by atoms with Crippen LogP contribution < -0.4 is 5.32 Å². The predicted octanol–water partition coefficient (Wildman–Crippen LogP) is 3.15. The molecule has 102 valence electrons. The van der Waals surface area contributed by atoms with Crippen molar-refractivity contribution in [2.75, 3.05) is 20.6 Å². The number of rotatable bonds is 6. The first-order valence-electron chi connectivity index (χ1n) is 6.22. The number of hydrogen-bond acceptors (Lipinski definition) is 2. The van der Waals surface area contributed by atoms with Crippen molar-refractivity contribution in [1.29, 1.82) is 0 Å². The third-order valence-corrected chi connectivity index (χ3v) is 3.17. The Hall–Kier alpha value is -0.640. The Kier molecular flexibility index (Phi) is 6.06. The minimum atomic E-state index is -0.248. The molecule has 0 aromatic heterocycles. The Balaban J connectivity index is 2.61. The molecule has 0 heterocycles. The van der Waals surface area contributed by atoms with Crippen molar-refractivity contribution in [1.82, 2.24) is 10.2 Å². The minimum Gasteiger partial charge on any atom is -0.308 e. The van der Waals surface area contributed by atoms with Crippen molar-refractivity contribution in [3.63, 3.8) is 0 Å². The van der Waals surface area contributed by atoms with Crippen LogP contribution in [0.15, 0.2) is 18.2 Å². The number of halogens is 2. The normalized spacial score (nSPS) is 13.3. The highest BCUT2D eigenvalue weighted by Gasteiger charge is 2.14. The van der Waals surface area contributed by atoms with E-state index in [9.17, 15) is 4.39 Å². The van der Waals surface area contributed by atoms with E-state index < -0.39 is 0 Å². The number of nitrogens with zero attached hydrogens (tertiary/aromatic N) is 1. The van der Waals surface area contributed by atoms with Crippen LogP contribution >= 0.6 is 11.6 Å². The van der Waals surface area contributed by atoms with Crippen LogP contribution in [-0.2, 0) is 6.54 Å². The van der Waals surface area contributed by atoms with Gasteiger partial charge in [-0.3, -0.25) is 0 Å². The highest BCUT2D eigenvalue weighted by molar-refractivity contribution is 6.30. The van der Waals surface area contributed by atoms with E-state index in [1.165, 1.54) is 6.07 Å². The van der Waals surface area contributed by atoms with Crippen molar-refractivity contribution in [2.24, 2.45) is 5.92 Å². The molecule has 0 aliphatic carbocycles. The molecule has 0 saturated heterocycles. The molecular weight excluding hydrogens is 251 g/mol. The summed E-state index contributed by atoms with van der Waals surface area (Å²) in [5.74, 6) is 0.255. The van der Waals surface area contributed by atoms with Gasteiger partial charge in [-0.25, -0.2) is 4.39 Å². The highest BCUT2D eigenvalue weighted by Crippen LogP contribution is 2.15. The molecule has 1 atom stereocenters. The average Bonchev–Trinajstić information content (AvgIpc) is 2.25. The standard InChI is InChI=1S/C14H22ClFN2/c1-10(2)14(9-18(3)4)17-8-11-5-6-12(15)7-13(11)16/h5-7,10,14,17H,8-9H2,1-4H3. The Morgan fingerprint density at radius 3 is 2.50 bits per heavy atom. The van der Waals surface area contributed by atoms with Gasteiger partial charge in [-0.15, -0.1) is 0 Å². The van der Waals surface area contributed by atoms with E-state index in [0.29, 0.717) is 29.1 Å². The number of nitrogens with one attached hydrogen (secondary N) is 1. The summed E-state index contributed by atoms with van der Waals surface area (Å²) < 4.78 is 13.6. The van der Waals surface area contributed by atoms with Gasteiger partial charge < -0.3 is 10.2 Å². The summed E-state index contributed by atoms with van der Waals surface area (Å²) in [4.78, 5) is 2.13. The maximum Gasteiger partial charge on any atom is 0.129 e. The lowest BCUT2D eigenvalue weighted by Crippen LogP contribution is -2.41. The van der Waals surface area contributed by atoms with Crippen LogP contribution in [0.5, 0.6) is 0 Å². The number of likely N-dealkylation sites (N-methyl/N-ethyl adjacent to an activating group) is 1. The largest absolute Gasteiger partial charge is 0.308 e. The van der Waals surface area contributed by atoms with Gasteiger partial charge in [0.2, 0.25) is 0 Å². The minimum absolute atomic E-state index is 0.248. The molecule has 0 aliphatic heterocycles. The van der Waals surface area contributed by atoms with Gasteiger partial charge in [0.1, 0.15) is 5.82 Å². The lowest BCUT2D eigenvalue weighted by Gasteiger charge is -2.25. The molecule has 1 unspecified atom stereocenters. The second-order valence-electron chi connectivity index (χ2n) is 5.23. The zero-order valence-electron chi connectivity index (χ0n) is 11.5. The summed E-state index contributed by atoms with van der Waals surface area (Å²) in [6.45, 7) is 5.80. The second-order valence-corrected chi connectivity index (χ2v) is 5.67. The summed E-state index contributed by atoms with van der Waals surface area (Å²) in [7, 11) is 4.08. The van der Waals surface area contributed by atoms with E-state index >= 15 is 0 Å². The van der Waals surface area contributed by atoms with E-state index in [1.54, 1.807) is 12.1 Å². The SMILES string of the molecule is CC(C)C(CN(C)C)NCc1ccc(Cl)cc1F. The van der Waals surface area contributed by atoms with Gasteiger partial charge in [0.05, 0.1) is 0 Å². The summed E-state index contributed by atoms with van der Waals surface area (Å²) in [6, 6.07) is 5.15. The van der Waals surface area contributed by atoms with E-state index in [1.807, 2.05) is 14.1 Å². The molecular formula is C14H22ClFN2. The smallest absolute Gasteiger partial charge is 0.129 e. The molecule has 1 N–H and O–H groups in total. The van der Waals surface area contributed by atoms with Gasteiger partial charge in [0.25, 0.3) is 0 Å². The van der Waals surface area contributed by atoms with Crippen molar-refractivity contribution in [2.45, 2.75) is 26.4 Å². The first-order valence-corrected chi connectivity index (χ1v) is 6.60. The maximum atomic E-state index is 13.6.